The van der Waals surface area contributed by atoms with E-state index in [1.165, 1.54) is 11.8 Å². The van der Waals surface area contributed by atoms with Gasteiger partial charge in [0.1, 0.15) is 5.38 Å². The number of carbonyl (C=O) groups excluding carboxylic acids is 1. The Kier molecular flexibility index (Phi) is 3.29. The van der Waals surface area contributed by atoms with Crippen molar-refractivity contribution < 1.29 is 18.0 Å². The topological polar surface area (TPSA) is 20.3 Å². The normalized spacial score (nSPS) is 25.2. The van der Waals surface area contributed by atoms with Crippen LogP contribution in [0.4, 0.5) is 13.2 Å². The molecule has 2 nitrogen and oxygen atoms in total. The molecule has 1 heterocycles. The summed E-state index contributed by atoms with van der Waals surface area (Å²) in [5.74, 6) is -1.81. The monoisotopic (exact) mass is 229 g/mol. The van der Waals surface area contributed by atoms with Crippen LogP contribution < -0.4 is 0 Å². The van der Waals surface area contributed by atoms with Crippen LogP contribution in [0, 0.1) is 5.92 Å². The summed E-state index contributed by atoms with van der Waals surface area (Å²) in [6.07, 6.45) is -4.22. The van der Waals surface area contributed by atoms with Gasteiger partial charge in [0.05, 0.1) is 5.92 Å². The number of halogens is 4. The SMILES string of the molecule is CC(Cl)C(=O)N1CCC(C(F)(F)F)C1. The lowest BCUT2D eigenvalue weighted by Crippen LogP contribution is -2.35. The van der Waals surface area contributed by atoms with E-state index in [2.05, 4.69) is 0 Å². The van der Waals surface area contributed by atoms with Crippen molar-refractivity contribution in [3.05, 3.63) is 0 Å². The van der Waals surface area contributed by atoms with Gasteiger partial charge in [-0.15, -0.1) is 11.6 Å². The van der Waals surface area contributed by atoms with Gasteiger partial charge in [0.15, 0.2) is 0 Å². The van der Waals surface area contributed by atoms with Crippen molar-refractivity contribution >= 4 is 17.5 Å². The summed E-state index contributed by atoms with van der Waals surface area (Å²) in [4.78, 5) is 12.4. The van der Waals surface area contributed by atoms with Crippen LogP contribution in [0.2, 0.25) is 0 Å². The number of rotatable bonds is 1. The molecule has 6 heteroatoms. The fraction of sp³-hybridized carbons (Fsp3) is 0.875. The zero-order valence-corrected chi connectivity index (χ0v) is 8.40. The van der Waals surface area contributed by atoms with Gasteiger partial charge in [-0.1, -0.05) is 0 Å². The first-order valence-electron chi connectivity index (χ1n) is 4.32. The van der Waals surface area contributed by atoms with Gasteiger partial charge in [-0.05, 0) is 13.3 Å². The average Bonchev–Trinajstić information content (AvgIpc) is 2.49. The van der Waals surface area contributed by atoms with E-state index in [-0.39, 0.29) is 19.5 Å². The molecule has 82 valence electrons. The summed E-state index contributed by atoms with van der Waals surface area (Å²) < 4.78 is 36.7. The lowest BCUT2D eigenvalue weighted by Gasteiger charge is -2.18. The van der Waals surface area contributed by atoms with E-state index in [1.807, 2.05) is 0 Å². The maximum Gasteiger partial charge on any atom is 0.393 e. The molecule has 2 atom stereocenters. The highest BCUT2D eigenvalue weighted by atomic mass is 35.5. The molecule has 14 heavy (non-hydrogen) atoms. The predicted molar refractivity (Wildman–Crippen MR) is 46.1 cm³/mol. The van der Waals surface area contributed by atoms with E-state index < -0.39 is 23.4 Å². The molecule has 1 amide bonds. The maximum atomic E-state index is 12.2. The third-order valence-corrected chi connectivity index (χ3v) is 2.49. The van der Waals surface area contributed by atoms with Crippen molar-refractivity contribution in [2.45, 2.75) is 24.9 Å². The summed E-state index contributed by atoms with van der Waals surface area (Å²) in [6.45, 7) is 1.37. The zero-order valence-electron chi connectivity index (χ0n) is 7.64. The summed E-state index contributed by atoms with van der Waals surface area (Å²) in [7, 11) is 0. The van der Waals surface area contributed by atoms with Gasteiger partial charge < -0.3 is 4.90 Å². The predicted octanol–water partition coefficient (Wildman–Crippen LogP) is 2.02. The van der Waals surface area contributed by atoms with Crippen LogP contribution in [0.5, 0.6) is 0 Å². The van der Waals surface area contributed by atoms with E-state index in [0.717, 1.165) is 0 Å². The van der Waals surface area contributed by atoms with Crippen molar-refractivity contribution in [2.75, 3.05) is 13.1 Å². The lowest BCUT2D eigenvalue weighted by molar-refractivity contribution is -0.171. The summed E-state index contributed by atoms with van der Waals surface area (Å²) >= 11 is 5.50. The summed E-state index contributed by atoms with van der Waals surface area (Å²) in [5, 5.41) is -0.748. The second kappa shape index (κ2) is 3.96. The Morgan fingerprint density at radius 3 is 2.50 bits per heavy atom. The zero-order chi connectivity index (χ0) is 10.9. The molecule has 0 bridgehead atoms. The maximum absolute atomic E-state index is 12.2. The van der Waals surface area contributed by atoms with Crippen LogP contribution in [0.1, 0.15) is 13.3 Å². The minimum absolute atomic E-state index is 0.0150. The highest BCUT2D eigenvalue weighted by Crippen LogP contribution is 2.33. The third kappa shape index (κ3) is 2.53. The first-order valence-corrected chi connectivity index (χ1v) is 4.75. The van der Waals surface area contributed by atoms with E-state index in [1.54, 1.807) is 0 Å². The van der Waals surface area contributed by atoms with Crippen molar-refractivity contribution in [1.29, 1.82) is 0 Å². The molecule has 2 unspecified atom stereocenters. The van der Waals surface area contributed by atoms with Crippen LogP contribution in [0.25, 0.3) is 0 Å². The van der Waals surface area contributed by atoms with Crippen molar-refractivity contribution in [3.8, 4) is 0 Å². The van der Waals surface area contributed by atoms with Gasteiger partial charge in [0.25, 0.3) is 0 Å². The standard InChI is InChI=1S/C8H11ClF3NO/c1-5(9)7(14)13-3-2-6(4-13)8(10,11)12/h5-6H,2-4H2,1H3. The van der Waals surface area contributed by atoms with E-state index in [4.69, 9.17) is 11.6 Å². The molecule has 1 fully saturated rings. The number of carbonyl (C=O) groups is 1. The van der Waals surface area contributed by atoms with Gasteiger partial charge in [-0.25, -0.2) is 0 Å². The minimum atomic E-state index is -4.20. The molecule has 0 radical (unpaired) electrons. The first kappa shape index (κ1) is 11.6. The lowest BCUT2D eigenvalue weighted by atomic mass is 10.1. The van der Waals surface area contributed by atoms with E-state index in [0.29, 0.717) is 0 Å². The third-order valence-electron chi connectivity index (χ3n) is 2.30. The molecule has 1 aliphatic heterocycles. The largest absolute Gasteiger partial charge is 0.393 e. The van der Waals surface area contributed by atoms with Crippen molar-refractivity contribution in [2.24, 2.45) is 5.92 Å². The van der Waals surface area contributed by atoms with Crippen LogP contribution in [0.15, 0.2) is 0 Å². The van der Waals surface area contributed by atoms with Gasteiger partial charge >= 0.3 is 6.18 Å². The average molecular weight is 230 g/mol. The molecule has 0 aromatic carbocycles. The van der Waals surface area contributed by atoms with Gasteiger partial charge in [0, 0.05) is 13.1 Å². The first-order chi connectivity index (χ1) is 6.32. The Morgan fingerprint density at radius 1 is 1.57 bits per heavy atom. The molecule has 0 N–H and O–H groups in total. The van der Waals surface area contributed by atoms with Crippen LogP contribution >= 0.6 is 11.6 Å². The Hall–Kier alpha value is -0.450. The van der Waals surface area contributed by atoms with Crippen LogP contribution in [-0.2, 0) is 4.79 Å². The fourth-order valence-electron chi connectivity index (χ4n) is 1.48. The highest BCUT2D eigenvalue weighted by Gasteiger charge is 2.44. The Labute approximate surface area is 85.0 Å². The van der Waals surface area contributed by atoms with Gasteiger partial charge in [-0.3, -0.25) is 4.79 Å². The number of likely N-dealkylation sites (tertiary alicyclic amines) is 1. The van der Waals surface area contributed by atoms with Crippen LogP contribution in [0.3, 0.4) is 0 Å². The fourth-order valence-corrected chi connectivity index (χ4v) is 1.62. The number of nitrogens with zero attached hydrogens (tertiary/aromatic N) is 1. The molecule has 1 aliphatic rings. The smallest absolute Gasteiger partial charge is 0.341 e. The molecule has 0 aliphatic carbocycles. The van der Waals surface area contributed by atoms with E-state index in [9.17, 15) is 18.0 Å². The molecule has 0 aromatic rings. The second-order valence-electron chi connectivity index (χ2n) is 3.43. The minimum Gasteiger partial charge on any atom is -0.341 e. The number of amides is 1. The molecule has 0 saturated carbocycles. The summed E-state index contributed by atoms with van der Waals surface area (Å²) in [6, 6.07) is 0. The highest BCUT2D eigenvalue weighted by molar-refractivity contribution is 6.30. The molecule has 1 rings (SSSR count). The van der Waals surface area contributed by atoms with Gasteiger partial charge in [-0.2, -0.15) is 13.2 Å². The Balaban J connectivity index is 2.54. The Morgan fingerprint density at radius 2 is 2.14 bits per heavy atom. The Bertz CT molecular complexity index is 229. The molecule has 1 saturated heterocycles. The number of alkyl halides is 4. The summed E-state index contributed by atoms with van der Waals surface area (Å²) in [5.41, 5.74) is 0. The van der Waals surface area contributed by atoms with Gasteiger partial charge in [0.2, 0.25) is 5.91 Å². The molecule has 0 spiro atoms. The molecule has 0 aromatic heterocycles. The second-order valence-corrected chi connectivity index (χ2v) is 4.08. The van der Waals surface area contributed by atoms with Crippen LogP contribution in [-0.4, -0.2) is 35.4 Å². The van der Waals surface area contributed by atoms with Crippen molar-refractivity contribution in [3.63, 3.8) is 0 Å². The molecular formula is C8H11ClF3NO. The number of hydrogen-bond donors (Lipinski definition) is 0. The molecular weight excluding hydrogens is 219 g/mol. The number of hydrogen-bond acceptors (Lipinski definition) is 1. The quantitative estimate of drug-likeness (QED) is 0.630. The van der Waals surface area contributed by atoms with Crippen molar-refractivity contribution in [1.82, 2.24) is 4.90 Å². The van der Waals surface area contributed by atoms with E-state index >= 15 is 0 Å².